The molecule has 0 unspecified atom stereocenters. The van der Waals surface area contributed by atoms with Gasteiger partial charge in [-0.1, -0.05) is 0 Å². The third kappa shape index (κ3) is 2.97. The van der Waals surface area contributed by atoms with Crippen molar-refractivity contribution in [2.75, 3.05) is 19.1 Å². The van der Waals surface area contributed by atoms with Crippen molar-refractivity contribution in [3.63, 3.8) is 0 Å². The lowest BCUT2D eigenvalue weighted by Gasteiger charge is -2.01. The van der Waals surface area contributed by atoms with E-state index >= 15 is 0 Å². The highest BCUT2D eigenvalue weighted by atomic mass is 35.5. The molecule has 14 heavy (non-hydrogen) atoms. The van der Waals surface area contributed by atoms with E-state index < -0.39 is 4.92 Å². The Morgan fingerprint density at radius 2 is 2.43 bits per heavy atom. The van der Waals surface area contributed by atoms with E-state index in [-0.39, 0.29) is 5.82 Å². The molecule has 1 rings (SSSR count). The van der Waals surface area contributed by atoms with Crippen molar-refractivity contribution in [3.05, 3.63) is 22.6 Å². The van der Waals surface area contributed by atoms with E-state index in [2.05, 4.69) is 4.98 Å². The Labute approximate surface area is 85.6 Å². The minimum absolute atomic E-state index is 0.0283. The first kappa shape index (κ1) is 10.9. The van der Waals surface area contributed by atoms with Crippen molar-refractivity contribution in [2.24, 2.45) is 0 Å². The van der Waals surface area contributed by atoms with Crippen molar-refractivity contribution in [1.82, 2.24) is 9.55 Å². The van der Waals surface area contributed by atoms with E-state index in [0.29, 0.717) is 25.6 Å². The summed E-state index contributed by atoms with van der Waals surface area (Å²) in [6, 6.07) is 0. The van der Waals surface area contributed by atoms with Gasteiger partial charge in [0.2, 0.25) is 0 Å². The smallest absolute Gasteiger partial charge is 0.342 e. The third-order valence-corrected chi connectivity index (χ3v) is 1.73. The van der Waals surface area contributed by atoms with E-state index in [9.17, 15) is 10.1 Å². The fraction of sp³-hybridized carbons (Fsp3) is 0.571. The lowest BCUT2D eigenvalue weighted by atomic mass is 10.6. The minimum Gasteiger partial charge on any atom is -0.376 e. The largest absolute Gasteiger partial charge is 0.376 e. The maximum atomic E-state index is 10.5. The van der Waals surface area contributed by atoms with Crippen LogP contribution in [0.2, 0.25) is 0 Å². The molecule has 7 heteroatoms. The zero-order chi connectivity index (χ0) is 10.4. The predicted molar refractivity (Wildman–Crippen MR) is 50.4 cm³/mol. The number of rotatable bonds is 6. The normalized spacial score (nSPS) is 10.4. The monoisotopic (exact) mass is 219 g/mol. The molecule has 0 aliphatic heterocycles. The number of imidazole rings is 1. The van der Waals surface area contributed by atoms with E-state index in [4.69, 9.17) is 16.3 Å². The Bertz CT molecular complexity index is 302. The molecule has 0 fully saturated rings. The summed E-state index contributed by atoms with van der Waals surface area (Å²) in [5, 5.41) is 10.5. The van der Waals surface area contributed by atoms with Gasteiger partial charge in [-0.25, -0.2) is 9.55 Å². The SMILES string of the molecule is O=[N+]([O-])c1cncn1CCOCCCl. The van der Waals surface area contributed by atoms with E-state index in [1.165, 1.54) is 17.1 Å². The number of aromatic nitrogens is 2. The lowest BCUT2D eigenvalue weighted by Crippen LogP contribution is -2.08. The number of hydrogen-bond donors (Lipinski definition) is 0. The molecule has 0 amide bonds. The summed E-state index contributed by atoms with van der Waals surface area (Å²) >= 11 is 5.39. The number of nitrogens with zero attached hydrogens (tertiary/aromatic N) is 3. The van der Waals surface area contributed by atoms with E-state index in [1.807, 2.05) is 0 Å². The van der Waals surface area contributed by atoms with Crippen LogP contribution in [-0.4, -0.2) is 33.6 Å². The molecule has 0 atom stereocenters. The van der Waals surface area contributed by atoms with E-state index in [0.717, 1.165) is 0 Å². The van der Waals surface area contributed by atoms with Crippen molar-refractivity contribution in [3.8, 4) is 0 Å². The average Bonchev–Trinajstić information content (AvgIpc) is 2.60. The zero-order valence-corrected chi connectivity index (χ0v) is 8.18. The Balaban J connectivity index is 2.42. The quantitative estimate of drug-likeness (QED) is 0.310. The fourth-order valence-electron chi connectivity index (χ4n) is 0.958. The molecule has 0 N–H and O–H groups in total. The zero-order valence-electron chi connectivity index (χ0n) is 7.43. The van der Waals surface area contributed by atoms with Crippen LogP contribution in [0.1, 0.15) is 0 Å². The van der Waals surface area contributed by atoms with Gasteiger partial charge >= 0.3 is 5.82 Å². The summed E-state index contributed by atoms with van der Waals surface area (Å²) in [5.74, 6) is 0.394. The van der Waals surface area contributed by atoms with Crippen LogP contribution in [0.15, 0.2) is 12.5 Å². The van der Waals surface area contributed by atoms with Gasteiger partial charge in [0.15, 0.2) is 6.33 Å². The molecule has 0 aliphatic rings. The highest BCUT2D eigenvalue weighted by molar-refractivity contribution is 6.17. The molecule has 1 heterocycles. The van der Waals surface area contributed by atoms with Gasteiger partial charge in [0.05, 0.1) is 13.2 Å². The number of halogens is 1. The van der Waals surface area contributed by atoms with Crippen molar-refractivity contribution < 1.29 is 9.66 Å². The Morgan fingerprint density at radius 1 is 1.64 bits per heavy atom. The van der Waals surface area contributed by atoms with Crippen LogP contribution < -0.4 is 0 Å². The topological polar surface area (TPSA) is 70.2 Å². The average molecular weight is 220 g/mol. The molecule has 0 aromatic carbocycles. The Hall–Kier alpha value is -1.14. The van der Waals surface area contributed by atoms with Gasteiger partial charge in [0, 0.05) is 5.88 Å². The van der Waals surface area contributed by atoms with Crippen molar-refractivity contribution in [1.29, 1.82) is 0 Å². The number of hydrogen-bond acceptors (Lipinski definition) is 4. The molecule has 6 nitrogen and oxygen atoms in total. The molecular weight excluding hydrogens is 210 g/mol. The maximum absolute atomic E-state index is 10.5. The van der Waals surface area contributed by atoms with Gasteiger partial charge in [-0.3, -0.25) is 0 Å². The van der Waals surface area contributed by atoms with Crippen LogP contribution in [0.25, 0.3) is 0 Å². The Kier molecular flexibility index (Phi) is 4.34. The molecule has 0 radical (unpaired) electrons. The molecular formula is C7H10ClN3O3. The van der Waals surface area contributed by atoms with Crippen LogP contribution in [-0.2, 0) is 11.3 Å². The van der Waals surface area contributed by atoms with Crippen LogP contribution in [0.5, 0.6) is 0 Å². The second-order valence-electron chi connectivity index (χ2n) is 2.50. The second-order valence-corrected chi connectivity index (χ2v) is 2.88. The number of alkyl halides is 1. The first-order valence-electron chi connectivity index (χ1n) is 4.04. The standard InChI is InChI=1S/C7H10ClN3O3/c8-1-3-14-4-2-10-6-9-5-7(10)11(12)13/h5-6H,1-4H2. The summed E-state index contributed by atoms with van der Waals surface area (Å²) in [6.45, 7) is 1.25. The van der Waals surface area contributed by atoms with Crippen LogP contribution in [0.4, 0.5) is 5.82 Å². The van der Waals surface area contributed by atoms with E-state index in [1.54, 1.807) is 0 Å². The Morgan fingerprint density at radius 3 is 3.07 bits per heavy atom. The van der Waals surface area contributed by atoms with Gasteiger partial charge in [0.25, 0.3) is 0 Å². The van der Waals surface area contributed by atoms with Gasteiger partial charge in [-0.15, -0.1) is 11.6 Å². The van der Waals surface area contributed by atoms with Crippen LogP contribution in [0.3, 0.4) is 0 Å². The van der Waals surface area contributed by atoms with Crippen LogP contribution >= 0.6 is 11.6 Å². The van der Waals surface area contributed by atoms with Crippen LogP contribution in [0, 0.1) is 10.1 Å². The summed E-state index contributed by atoms with van der Waals surface area (Å²) in [5.41, 5.74) is 0. The maximum Gasteiger partial charge on any atom is 0.342 e. The molecule has 1 aromatic rings. The summed E-state index contributed by atoms with van der Waals surface area (Å²) in [7, 11) is 0. The highest BCUT2D eigenvalue weighted by Gasteiger charge is 2.11. The molecule has 78 valence electrons. The number of nitro groups is 1. The van der Waals surface area contributed by atoms with Gasteiger partial charge in [-0.05, 0) is 4.92 Å². The van der Waals surface area contributed by atoms with Gasteiger partial charge in [-0.2, -0.15) is 0 Å². The molecule has 0 spiro atoms. The third-order valence-electron chi connectivity index (χ3n) is 1.58. The molecule has 1 aromatic heterocycles. The minimum atomic E-state index is -0.478. The van der Waals surface area contributed by atoms with Crippen molar-refractivity contribution >= 4 is 17.4 Å². The summed E-state index contributed by atoms with van der Waals surface area (Å²) in [4.78, 5) is 13.7. The van der Waals surface area contributed by atoms with Gasteiger partial charge < -0.3 is 14.9 Å². The summed E-state index contributed by atoms with van der Waals surface area (Å²) in [6.07, 6.45) is 2.61. The number of ether oxygens (including phenoxy) is 1. The first-order valence-corrected chi connectivity index (χ1v) is 4.57. The fourth-order valence-corrected chi connectivity index (χ4v) is 1.07. The van der Waals surface area contributed by atoms with Crippen molar-refractivity contribution in [2.45, 2.75) is 6.54 Å². The molecule has 0 aliphatic carbocycles. The lowest BCUT2D eigenvalue weighted by molar-refractivity contribution is -0.392. The first-order chi connectivity index (χ1) is 6.75. The predicted octanol–water partition coefficient (Wildman–Crippen LogP) is 1.05. The second kappa shape index (κ2) is 5.56. The highest BCUT2D eigenvalue weighted by Crippen LogP contribution is 2.08. The molecule has 0 bridgehead atoms. The van der Waals surface area contributed by atoms with Gasteiger partial charge in [0.1, 0.15) is 12.7 Å². The summed E-state index contributed by atoms with van der Waals surface area (Å²) < 4.78 is 6.51. The molecule has 0 saturated heterocycles. The molecule has 0 saturated carbocycles.